The molecule has 0 saturated carbocycles. The van der Waals surface area contributed by atoms with E-state index in [0.29, 0.717) is 11.6 Å². The second-order valence-corrected chi connectivity index (χ2v) is 3.69. The minimum atomic E-state index is 0.456. The lowest BCUT2D eigenvalue weighted by molar-refractivity contribution is 0.134. The summed E-state index contributed by atoms with van der Waals surface area (Å²) in [5.74, 6) is 1.23. The van der Waals surface area contributed by atoms with Crippen LogP contribution in [0.25, 0.3) is 0 Å². The van der Waals surface area contributed by atoms with Crippen molar-refractivity contribution >= 4 is 11.5 Å². The number of nitrogens with one attached hydrogen (secondary N) is 1. The van der Waals surface area contributed by atoms with Crippen LogP contribution >= 0.6 is 0 Å². The van der Waals surface area contributed by atoms with Gasteiger partial charge in [0.25, 0.3) is 0 Å². The normalized spacial score (nSPS) is 10.2. The molecule has 0 aromatic carbocycles. The standard InChI is InChI=1S/C12H21N3O2/c1-3-8-17-9-4-7-14-11-6-5-10(13)12(15-11)16-2/h5-6H,3-4,7-9,13H2,1-2H3,(H,14,15). The summed E-state index contributed by atoms with van der Waals surface area (Å²) in [5, 5.41) is 3.20. The van der Waals surface area contributed by atoms with E-state index in [1.54, 1.807) is 13.2 Å². The zero-order chi connectivity index (χ0) is 12.5. The highest BCUT2D eigenvalue weighted by atomic mass is 16.5. The topological polar surface area (TPSA) is 69.4 Å². The number of hydrogen-bond acceptors (Lipinski definition) is 5. The van der Waals surface area contributed by atoms with Gasteiger partial charge in [-0.2, -0.15) is 4.98 Å². The van der Waals surface area contributed by atoms with Crippen molar-refractivity contribution in [1.29, 1.82) is 0 Å². The van der Waals surface area contributed by atoms with Crippen LogP contribution in [0.1, 0.15) is 19.8 Å². The Balaban J connectivity index is 2.27. The van der Waals surface area contributed by atoms with E-state index < -0.39 is 0 Å². The highest BCUT2D eigenvalue weighted by Crippen LogP contribution is 2.19. The van der Waals surface area contributed by atoms with Crippen LogP contribution in [0.5, 0.6) is 5.88 Å². The number of ether oxygens (including phenoxy) is 2. The maximum atomic E-state index is 5.67. The third kappa shape index (κ3) is 4.91. The quantitative estimate of drug-likeness (QED) is 0.678. The van der Waals surface area contributed by atoms with E-state index in [1.807, 2.05) is 6.07 Å². The molecule has 0 unspecified atom stereocenters. The number of nitrogen functional groups attached to an aromatic ring is 1. The number of hydrogen-bond donors (Lipinski definition) is 2. The van der Waals surface area contributed by atoms with Crippen LogP contribution in [0.2, 0.25) is 0 Å². The van der Waals surface area contributed by atoms with Crippen molar-refractivity contribution in [3.63, 3.8) is 0 Å². The molecule has 0 amide bonds. The van der Waals surface area contributed by atoms with Crippen LogP contribution in [0.4, 0.5) is 11.5 Å². The van der Waals surface area contributed by atoms with Gasteiger partial charge in [0.05, 0.1) is 12.8 Å². The number of nitrogens with two attached hydrogens (primary N) is 1. The van der Waals surface area contributed by atoms with Crippen molar-refractivity contribution in [1.82, 2.24) is 4.98 Å². The SMILES string of the molecule is CCCOCCCNc1ccc(N)c(OC)n1. The summed E-state index contributed by atoms with van der Waals surface area (Å²) >= 11 is 0. The molecule has 0 radical (unpaired) electrons. The van der Waals surface area contributed by atoms with Crippen LogP contribution in [0.15, 0.2) is 12.1 Å². The summed E-state index contributed by atoms with van der Waals surface area (Å²) in [6.45, 7) is 4.52. The van der Waals surface area contributed by atoms with Crippen molar-refractivity contribution < 1.29 is 9.47 Å². The van der Waals surface area contributed by atoms with Crippen LogP contribution in [0, 0.1) is 0 Å². The summed E-state index contributed by atoms with van der Waals surface area (Å²) in [7, 11) is 1.56. The lowest BCUT2D eigenvalue weighted by atomic mass is 10.4. The molecule has 1 rings (SSSR count). The molecule has 0 aliphatic rings. The van der Waals surface area contributed by atoms with Gasteiger partial charge in [0.1, 0.15) is 5.82 Å². The van der Waals surface area contributed by atoms with E-state index >= 15 is 0 Å². The van der Waals surface area contributed by atoms with Gasteiger partial charge in [0.2, 0.25) is 5.88 Å². The number of anilines is 2. The maximum absolute atomic E-state index is 5.67. The number of rotatable bonds is 8. The zero-order valence-corrected chi connectivity index (χ0v) is 10.5. The molecule has 96 valence electrons. The number of aromatic nitrogens is 1. The number of pyridine rings is 1. The molecule has 1 aromatic rings. The van der Waals surface area contributed by atoms with Gasteiger partial charge in [0.15, 0.2) is 0 Å². The van der Waals surface area contributed by atoms with Crippen LogP contribution < -0.4 is 15.8 Å². The van der Waals surface area contributed by atoms with E-state index in [-0.39, 0.29) is 0 Å². The molecule has 5 nitrogen and oxygen atoms in total. The summed E-state index contributed by atoms with van der Waals surface area (Å²) in [6.07, 6.45) is 2.01. The predicted molar refractivity (Wildman–Crippen MR) is 69.4 cm³/mol. The van der Waals surface area contributed by atoms with Crippen molar-refractivity contribution in [2.24, 2.45) is 0 Å². The van der Waals surface area contributed by atoms with Crippen LogP contribution in [-0.4, -0.2) is 31.9 Å². The maximum Gasteiger partial charge on any atom is 0.238 e. The van der Waals surface area contributed by atoms with Gasteiger partial charge in [-0.15, -0.1) is 0 Å². The highest BCUT2D eigenvalue weighted by Gasteiger charge is 2.01. The van der Waals surface area contributed by atoms with E-state index in [4.69, 9.17) is 15.2 Å². The molecule has 0 bridgehead atoms. The minimum absolute atomic E-state index is 0.456. The molecule has 0 fully saturated rings. The molecule has 3 N–H and O–H groups in total. The Morgan fingerprint density at radius 3 is 2.88 bits per heavy atom. The van der Waals surface area contributed by atoms with E-state index in [2.05, 4.69) is 17.2 Å². The molecule has 0 aliphatic heterocycles. The zero-order valence-electron chi connectivity index (χ0n) is 10.5. The second kappa shape index (κ2) is 7.73. The summed E-state index contributed by atoms with van der Waals surface area (Å²) in [5.41, 5.74) is 6.22. The molecule has 1 heterocycles. The first kappa shape index (κ1) is 13.6. The average Bonchev–Trinajstić information content (AvgIpc) is 2.35. The molecular weight excluding hydrogens is 218 g/mol. The lowest BCUT2D eigenvalue weighted by Crippen LogP contribution is -2.08. The fraction of sp³-hybridized carbons (Fsp3) is 0.583. The molecule has 17 heavy (non-hydrogen) atoms. The monoisotopic (exact) mass is 239 g/mol. The molecule has 1 aromatic heterocycles. The van der Waals surface area contributed by atoms with E-state index in [0.717, 1.165) is 38.4 Å². The first-order chi connectivity index (χ1) is 8.27. The fourth-order valence-electron chi connectivity index (χ4n) is 1.35. The van der Waals surface area contributed by atoms with Gasteiger partial charge in [-0.05, 0) is 25.0 Å². The Morgan fingerprint density at radius 2 is 2.18 bits per heavy atom. The van der Waals surface area contributed by atoms with Crippen molar-refractivity contribution in [3.05, 3.63) is 12.1 Å². The third-order valence-corrected chi connectivity index (χ3v) is 2.20. The fourth-order valence-corrected chi connectivity index (χ4v) is 1.35. The Morgan fingerprint density at radius 1 is 1.35 bits per heavy atom. The van der Waals surface area contributed by atoms with Crippen molar-refractivity contribution in [2.75, 3.05) is 37.9 Å². The number of nitrogens with zero attached hydrogens (tertiary/aromatic N) is 1. The third-order valence-electron chi connectivity index (χ3n) is 2.20. The molecular formula is C12H21N3O2. The van der Waals surface area contributed by atoms with Crippen LogP contribution in [0.3, 0.4) is 0 Å². The smallest absolute Gasteiger partial charge is 0.238 e. The van der Waals surface area contributed by atoms with Gasteiger partial charge in [-0.3, -0.25) is 0 Å². The van der Waals surface area contributed by atoms with Gasteiger partial charge >= 0.3 is 0 Å². The van der Waals surface area contributed by atoms with E-state index in [9.17, 15) is 0 Å². The number of methoxy groups -OCH3 is 1. The van der Waals surface area contributed by atoms with Crippen molar-refractivity contribution in [3.8, 4) is 5.88 Å². The molecule has 5 heteroatoms. The molecule has 0 aliphatic carbocycles. The Bertz CT molecular complexity index is 332. The minimum Gasteiger partial charge on any atom is -0.479 e. The van der Waals surface area contributed by atoms with Crippen molar-refractivity contribution in [2.45, 2.75) is 19.8 Å². The summed E-state index contributed by atoms with van der Waals surface area (Å²) in [6, 6.07) is 3.62. The summed E-state index contributed by atoms with van der Waals surface area (Å²) in [4.78, 5) is 4.23. The molecule has 0 saturated heterocycles. The largest absolute Gasteiger partial charge is 0.479 e. The lowest BCUT2D eigenvalue weighted by Gasteiger charge is -2.08. The van der Waals surface area contributed by atoms with Gasteiger partial charge < -0.3 is 20.5 Å². The Labute approximate surface area is 102 Å². The second-order valence-electron chi connectivity index (χ2n) is 3.69. The Kier molecular flexibility index (Phi) is 6.17. The van der Waals surface area contributed by atoms with E-state index in [1.165, 1.54) is 0 Å². The first-order valence-corrected chi connectivity index (χ1v) is 5.90. The van der Waals surface area contributed by atoms with Gasteiger partial charge in [0, 0.05) is 19.8 Å². The molecule has 0 spiro atoms. The van der Waals surface area contributed by atoms with Gasteiger partial charge in [-0.25, -0.2) is 0 Å². The highest BCUT2D eigenvalue weighted by molar-refractivity contribution is 5.53. The first-order valence-electron chi connectivity index (χ1n) is 5.90. The summed E-state index contributed by atoms with van der Waals surface area (Å²) < 4.78 is 10.4. The predicted octanol–water partition coefficient (Wildman–Crippen LogP) is 1.90. The van der Waals surface area contributed by atoms with Gasteiger partial charge in [-0.1, -0.05) is 6.92 Å². The Hall–Kier alpha value is -1.49. The molecule has 0 atom stereocenters. The average molecular weight is 239 g/mol. The van der Waals surface area contributed by atoms with Crippen LogP contribution in [-0.2, 0) is 4.74 Å².